The first-order valence-corrected chi connectivity index (χ1v) is 10.4. The summed E-state index contributed by atoms with van der Waals surface area (Å²) in [4.78, 5) is 41.2. The van der Waals surface area contributed by atoms with Crippen LogP contribution in [0.25, 0.3) is 0 Å². The lowest BCUT2D eigenvalue weighted by molar-refractivity contribution is 0.240. The Balaban J connectivity index is 1.94. The summed E-state index contributed by atoms with van der Waals surface area (Å²) >= 11 is 0. The normalized spacial score (nSPS) is 10.4. The minimum atomic E-state index is -0.403. The number of carbonyl (C=O) groups excluding carboxylic acids is 2. The molecule has 164 valence electrons. The van der Waals surface area contributed by atoms with Crippen LogP contribution in [0.5, 0.6) is 0 Å². The minimum Gasteiger partial charge on any atom is -0.338 e. The number of hydrogen-bond acceptors (Lipinski definition) is 5. The Morgan fingerprint density at radius 3 is 1.93 bits per heavy atom. The van der Waals surface area contributed by atoms with Crippen LogP contribution >= 0.6 is 0 Å². The number of aromatic nitrogens is 2. The molecule has 0 radical (unpaired) electrons. The van der Waals surface area contributed by atoms with Crippen LogP contribution in [-0.2, 0) is 0 Å². The summed E-state index contributed by atoms with van der Waals surface area (Å²) in [6.45, 7) is 4.27. The molecule has 0 saturated heterocycles. The number of H-pyrrole nitrogens is 1. The zero-order valence-electron chi connectivity index (χ0n) is 17.3. The highest BCUT2D eigenvalue weighted by atomic mass is 16.2. The third-order valence-corrected chi connectivity index (χ3v) is 4.19. The standard InChI is InChI=1S/C19H35N7O3/c1-15-14-16(27)25-17(24-15)26-19(29)23-13-9-5-4-8-12-22-18(28)21-11-7-3-2-6-10-20/h14H,2-13,20H2,1H3,(H2,21,22,28)(H3,23,24,25,26,27,29). The highest BCUT2D eigenvalue weighted by Crippen LogP contribution is 1.99. The van der Waals surface area contributed by atoms with E-state index in [1.54, 1.807) is 6.92 Å². The van der Waals surface area contributed by atoms with Crippen molar-refractivity contribution in [3.05, 3.63) is 22.1 Å². The SMILES string of the molecule is Cc1cc(=O)[nH]c(NC(=O)NCCCCCCNC(=O)NCCCCCCN)n1. The van der Waals surface area contributed by atoms with Gasteiger partial charge in [-0.25, -0.2) is 14.6 Å². The topological polar surface area (TPSA) is 154 Å². The monoisotopic (exact) mass is 409 g/mol. The maximum atomic E-state index is 11.8. The molecule has 0 aliphatic carbocycles. The number of anilines is 1. The molecular weight excluding hydrogens is 374 g/mol. The molecule has 1 aromatic heterocycles. The maximum Gasteiger partial charge on any atom is 0.321 e. The van der Waals surface area contributed by atoms with Crippen molar-refractivity contribution >= 4 is 18.0 Å². The van der Waals surface area contributed by atoms with Gasteiger partial charge >= 0.3 is 12.1 Å². The summed E-state index contributed by atoms with van der Waals surface area (Å²) in [6, 6.07) is 0.831. The fourth-order valence-corrected chi connectivity index (χ4v) is 2.68. The fourth-order valence-electron chi connectivity index (χ4n) is 2.68. The predicted molar refractivity (Wildman–Crippen MR) is 114 cm³/mol. The Kier molecular flexibility index (Phi) is 12.9. The molecule has 0 spiro atoms. The van der Waals surface area contributed by atoms with Crippen LogP contribution < -0.4 is 32.6 Å². The third kappa shape index (κ3) is 13.2. The minimum absolute atomic E-state index is 0.120. The van der Waals surface area contributed by atoms with Crippen LogP contribution in [0.15, 0.2) is 10.9 Å². The lowest BCUT2D eigenvalue weighted by atomic mass is 10.2. The first kappa shape index (κ1) is 24.4. The molecule has 0 bridgehead atoms. The molecule has 0 aliphatic heterocycles. The van der Waals surface area contributed by atoms with Gasteiger partial charge in [-0.3, -0.25) is 15.1 Å². The lowest BCUT2D eigenvalue weighted by Crippen LogP contribution is -2.36. The first-order valence-electron chi connectivity index (χ1n) is 10.4. The molecule has 0 unspecified atom stereocenters. The molecule has 1 rings (SSSR count). The number of carbonyl (C=O) groups is 2. The predicted octanol–water partition coefficient (Wildman–Crippen LogP) is 1.58. The van der Waals surface area contributed by atoms with Crippen molar-refractivity contribution in [3.63, 3.8) is 0 Å². The smallest absolute Gasteiger partial charge is 0.321 e. The first-order chi connectivity index (χ1) is 14.0. The molecule has 0 saturated carbocycles. The maximum absolute atomic E-state index is 11.8. The van der Waals surface area contributed by atoms with Crippen molar-refractivity contribution in [1.29, 1.82) is 0 Å². The van der Waals surface area contributed by atoms with Gasteiger partial charge in [0.15, 0.2) is 0 Å². The van der Waals surface area contributed by atoms with Gasteiger partial charge in [-0.05, 0) is 39.2 Å². The van der Waals surface area contributed by atoms with Crippen LogP contribution in [-0.4, -0.2) is 48.2 Å². The molecule has 0 aliphatic rings. The molecule has 10 heteroatoms. The molecule has 0 fully saturated rings. The Labute approximate surface area is 171 Å². The number of aromatic amines is 1. The van der Waals surface area contributed by atoms with Gasteiger partial charge in [-0.1, -0.05) is 25.7 Å². The van der Waals surface area contributed by atoms with Crippen molar-refractivity contribution in [2.45, 2.75) is 58.3 Å². The third-order valence-electron chi connectivity index (χ3n) is 4.19. The van der Waals surface area contributed by atoms with E-state index in [0.717, 1.165) is 57.9 Å². The van der Waals surface area contributed by atoms with Gasteiger partial charge in [0.25, 0.3) is 5.56 Å². The molecule has 10 nitrogen and oxygen atoms in total. The number of rotatable bonds is 14. The highest BCUT2D eigenvalue weighted by Gasteiger charge is 2.04. The van der Waals surface area contributed by atoms with E-state index in [1.807, 2.05) is 0 Å². The van der Waals surface area contributed by atoms with E-state index in [0.29, 0.717) is 25.3 Å². The van der Waals surface area contributed by atoms with Gasteiger partial charge in [-0.2, -0.15) is 0 Å². The average molecular weight is 410 g/mol. The van der Waals surface area contributed by atoms with Crippen molar-refractivity contribution in [2.75, 3.05) is 31.5 Å². The zero-order chi connectivity index (χ0) is 21.3. The van der Waals surface area contributed by atoms with Gasteiger partial charge in [0.2, 0.25) is 5.95 Å². The van der Waals surface area contributed by atoms with Gasteiger partial charge in [0, 0.05) is 31.4 Å². The van der Waals surface area contributed by atoms with Gasteiger partial charge in [-0.15, -0.1) is 0 Å². The summed E-state index contributed by atoms with van der Waals surface area (Å²) in [5, 5.41) is 10.9. The molecule has 29 heavy (non-hydrogen) atoms. The van der Waals surface area contributed by atoms with Crippen molar-refractivity contribution < 1.29 is 9.59 Å². The Hall–Kier alpha value is -2.62. The Morgan fingerprint density at radius 1 is 0.897 bits per heavy atom. The number of hydrogen-bond donors (Lipinski definition) is 6. The van der Waals surface area contributed by atoms with E-state index in [1.165, 1.54) is 6.07 Å². The zero-order valence-corrected chi connectivity index (χ0v) is 17.3. The summed E-state index contributed by atoms with van der Waals surface area (Å²) in [5.41, 5.74) is 5.66. The van der Waals surface area contributed by atoms with Crippen LogP contribution in [0.3, 0.4) is 0 Å². The van der Waals surface area contributed by atoms with Crippen LogP contribution in [0.2, 0.25) is 0 Å². The van der Waals surface area contributed by atoms with Gasteiger partial charge in [0.1, 0.15) is 0 Å². The largest absolute Gasteiger partial charge is 0.338 e. The van der Waals surface area contributed by atoms with E-state index in [9.17, 15) is 14.4 Å². The van der Waals surface area contributed by atoms with Crippen LogP contribution in [0.1, 0.15) is 57.1 Å². The second kappa shape index (κ2) is 15.3. The van der Waals surface area contributed by atoms with E-state index >= 15 is 0 Å². The summed E-state index contributed by atoms with van der Waals surface area (Å²) in [6.07, 6.45) is 7.85. The van der Waals surface area contributed by atoms with E-state index in [-0.39, 0.29) is 17.5 Å². The average Bonchev–Trinajstić information content (AvgIpc) is 2.65. The number of nitrogens with zero attached hydrogens (tertiary/aromatic N) is 1. The number of amides is 4. The van der Waals surface area contributed by atoms with Gasteiger partial charge in [0.05, 0.1) is 0 Å². The molecule has 7 N–H and O–H groups in total. The van der Waals surface area contributed by atoms with Crippen LogP contribution in [0.4, 0.5) is 15.5 Å². The Morgan fingerprint density at radius 2 is 1.41 bits per heavy atom. The van der Waals surface area contributed by atoms with E-state index in [4.69, 9.17) is 5.73 Å². The number of urea groups is 2. The molecule has 1 aromatic rings. The summed E-state index contributed by atoms with van der Waals surface area (Å²) in [5.74, 6) is 0.132. The van der Waals surface area contributed by atoms with E-state index < -0.39 is 6.03 Å². The second-order valence-electron chi connectivity index (χ2n) is 6.92. The number of unbranched alkanes of at least 4 members (excludes halogenated alkanes) is 6. The molecule has 0 aromatic carbocycles. The number of aryl methyl sites for hydroxylation is 1. The van der Waals surface area contributed by atoms with Gasteiger partial charge < -0.3 is 21.7 Å². The highest BCUT2D eigenvalue weighted by molar-refractivity contribution is 5.87. The second-order valence-corrected chi connectivity index (χ2v) is 6.92. The number of nitrogens with two attached hydrogens (primary N) is 1. The number of nitrogens with one attached hydrogen (secondary N) is 5. The Bertz CT molecular complexity index is 663. The lowest BCUT2D eigenvalue weighted by Gasteiger charge is -2.08. The van der Waals surface area contributed by atoms with Crippen molar-refractivity contribution in [3.8, 4) is 0 Å². The summed E-state index contributed by atoms with van der Waals surface area (Å²) < 4.78 is 0. The van der Waals surface area contributed by atoms with E-state index in [2.05, 4.69) is 31.2 Å². The molecule has 4 amide bonds. The van der Waals surface area contributed by atoms with Crippen LogP contribution in [0, 0.1) is 6.92 Å². The molecular formula is C19H35N7O3. The molecule has 1 heterocycles. The molecule has 0 atom stereocenters. The summed E-state index contributed by atoms with van der Waals surface area (Å²) in [7, 11) is 0. The van der Waals surface area contributed by atoms with Crippen molar-refractivity contribution in [1.82, 2.24) is 25.9 Å². The van der Waals surface area contributed by atoms with Crippen molar-refractivity contribution in [2.24, 2.45) is 5.73 Å². The fraction of sp³-hybridized carbons (Fsp3) is 0.684. The quantitative estimate of drug-likeness (QED) is 0.257.